The van der Waals surface area contributed by atoms with Gasteiger partial charge in [0.25, 0.3) is 0 Å². The van der Waals surface area contributed by atoms with Gasteiger partial charge in [-0.25, -0.2) is 18.7 Å². The van der Waals surface area contributed by atoms with Crippen molar-refractivity contribution in [3.8, 4) is 17.2 Å². The molecule has 0 saturated carbocycles. The van der Waals surface area contributed by atoms with E-state index in [0.29, 0.717) is 27.7 Å². The van der Waals surface area contributed by atoms with Crippen LogP contribution >= 0.6 is 0 Å². The highest BCUT2D eigenvalue weighted by atomic mass is 19.1. The van der Waals surface area contributed by atoms with Gasteiger partial charge in [0.2, 0.25) is 0 Å². The first-order valence-electron chi connectivity index (χ1n) is 8.97. The van der Waals surface area contributed by atoms with Crippen LogP contribution in [0.15, 0.2) is 48.8 Å². The fourth-order valence-electron chi connectivity index (χ4n) is 3.26. The zero-order chi connectivity index (χ0) is 21.3. The third-order valence-corrected chi connectivity index (χ3v) is 4.60. The molecule has 7 nitrogen and oxygen atoms in total. The van der Waals surface area contributed by atoms with Crippen molar-refractivity contribution in [3.63, 3.8) is 0 Å². The average molecular weight is 403 g/mol. The highest BCUT2D eigenvalue weighted by Gasteiger charge is 2.21. The van der Waals surface area contributed by atoms with Gasteiger partial charge in [-0.3, -0.25) is 0 Å². The molecule has 2 heterocycles. The smallest absolute Gasteiger partial charge is 0.150 e. The number of anilines is 2. The molecule has 0 aliphatic heterocycles. The van der Waals surface area contributed by atoms with E-state index in [-0.39, 0.29) is 17.2 Å². The second-order valence-electron chi connectivity index (χ2n) is 6.60. The summed E-state index contributed by atoms with van der Waals surface area (Å²) >= 11 is 0. The zero-order valence-corrected chi connectivity index (χ0v) is 15.8. The lowest BCUT2D eigenvalue weighted by Gasteiger charge is -2.19. The van der Waals surface area contributed by atoms with Crippen molar-refractivity contribution >= 4 is 22.5 Å². The van der Waals surface area contributed by atoms with E-state index in [0.717, 1.165) is 6.07 Å². The van der Waals surface area contributed by atoms with Crippen molar-refractivity contribution in [3.05, 3.63) is 71.7 Å². The van der Waals surface area contributed by atoms with Crippen LogP contribution in [-0.4, -0.2) is 20.2 Å². The van der Waals surface area contributed by atoms with E-state index >= 15 is 0 Å². The molecule has 0 unspecified atom stereocenters. The van der Waals surface area contributed by atoms with Crippen molar-refractivity contribution in [2.75, 3.05) is 11.1 Å². The lowest BCUT2D eigenvalue weighted by molar-refractivity contribution is 0.584. The molecule has 0 fully saturated rings. The molecule has 0 aliphatic carbocycles. The van der Waals surface area contributed by atoms with E-state index in [9.17, 15) is 14.0 Å². The quantitative estimate of drug-likeness (QED) is 0.529. The van der Waals surface area contributed by atoms with Crippen LogP contribution < -0.4 is 11.1 Å². The van der Waals surface area contributed by atoms with Gasteiger partial charge in [0, 0.05) is 17.0 Å². The zero-order valence-electron chi connectivity index (χ0n) is 15.8. The third kappa shape index (κ3) is 3.46. The Morgan fingerprint density at radius 3 is 2.53 bits per heavy atom. The number of halogens is 2. The Bertz CT molecular complexity index is 1280. The van der Waals surface area contributed by atoms with Crippen LogP contribution in [0.2, 0.25) is 0 Å². The summed E-state index contributed by atoms with van der Waals surface area (Å²) in [6.07, 6.45) is 1.24. The summed E-state index contributed by atoms with van der Waals surface area (Å²) in [7, 11) is 0. The minimum absolute atomic E-state index is 0.0409. The molecule has 0 amide bonds. The topological polar surface area (TPSA) is 113 Å². The predicted octanol–water partition coefficient (Wildman–Crippen LogP) is 3.99. The predicted molar refractivity (Wildman–Crippen MR) is 108 cm³/mol. The van der Waals surface area contributed by atoms with E-state index < -0.39 is 17.7 Å². The number of hydrogen-bond acceptors (Lipinski definition) is 7. The molecular weight excluding hydrogens is 388 g/mol. The largest absolute Gasteiger partial charge is 0.382 e. The Morgan fingerprint density at radius 1 is 1.07 bits per heavy atom. The third-order valence-electron chi connectivity index (χ3n) is 4.60. The van der Waals surface area contributed by atoms with Crippen LogP contribution in [0.4, 0.5) is 20.4 Å². The maximum atomic E-state index is 14.0. The maximum Gasteiger partial charge on any atom is 0.150 e. The molecule has 2 aromatic heterocycles. The minimum atomic E-state index is -0.701. The van der Waals surface area contributed by atoms with Crippen LogP contribution in [0, 0.1) is 23.0 Å². The number of benzene rings is 2. The molecule has 0 spiro atoms. The summed E-state index contributed by atoms with van der Waals surface area (Å²) < 4.78 is 28.0. The molecule has 0 aliphatic rings. The van der Waals surface area contributed by atoms with Crippen LogP contribution in [0.5, 0.6) is 0 Å². The lowest BCUT2D eigenvalue weighted by atomic mass is 9.96. The molecule has 4 rings (SSSR count). The van der Waals surface area contributed by atoms with Crippen molar-refractivity contribution in [1.29, 1.82) is 5.26 Å². The van der Waals surface area contributed by atoms with Gasteiger partial charge in [-0.1, -0.05) is 18.2 Å². The fourth-order valence-corrected chi connectivity index (χ4v) is 3.26. The number of nitrogens with one attached hydrogen (secondary N) is 1. The second kappa shape index (κ2) is 7.67. The van der Waals surface area contributed by atoms with Crippen LogP contribution in [0.1, 0.15) is 24.2 Å². The lowest BCUT2D eigenvalue weighted by Crippen LogP contribution is -2.14. The van der Waals surface area contributed by atoms with E-state index in [4.69, 9.17) is 5.73 Å². The molecule has 2 aromatic carbocycles. The van der Waals surface area contributed by atoms with Gasteiger partial charge in [0.1, 0.15) is 41.2 Å². The Hall–Kier alpha value is -4.19. The van der Waals surface area contributed by atoms with Crippen LogP contribution in [0.25, 0.3) is 22.0 Å². The number of nitriles is 1. The fraction of sp³-hybridized carbons (Fsp3) is 0.0952. The Morgan fingerprint density at radius 2 is 1.80 bits per heavy atom. The summed E-state index contributed by atoms with van der Waals surface area (Å²) in [6.45, 7) is 1.78. The van der Waals surface area contributed by atoms with Gasteiger partial charge in [-0.05, 0) is 30.7 Å². The molecule has 0 bridgehead atoms. The highest BCUT2D eigenvalue weighted by molar-refractivity contribution is 5.95. The standard InChI is InChI=1S/C21H15F2N7/c1-11(28-21-16(9-24)20(25)26-10-27-21)19-18(12-6-13(22)8-14(23)7-12)15-4-2-3-5-17(15)29-30-19/h2-8,10-11H,1H3,(H3,25,26,27,28)/t11-/m1/s1. The number of nitrogen functional groups attached to an aromatic ring is 1. The summed E-state index contributed by atoms with van der Waals surface area (Å²) in [5.41, 5.74) is 7.71. The molecule has 3 N–H and O–H groups in total. The highest BCUT2D eigenvalue weighted by Crippen LogP contribution is 2.35. The first kappa shape index (κ1) is 19.1. The van der Waals surface area contributed by atoms with Crippen molar-refractivity contribution in [2.24, 2.45) is 0 Å². The van der Waals surface area contributed by atoms with Crippen molar-refractivity contribution in [2.45, 2.75) is 13.0 Å². The Labute approximate surface area is 170 Å². The Balaban J connectivity index is 1.89. The molecule has 30 heavy (non-hydrogen) atoms. The monoisotopic (exact) mass is 403 g/mol. The van der Waals surface area contributed by atoms with Gasteiger partial charge in [0.15, 0.2) is 0 Å². The second-order valence-corrected chi connectivity index (χ2v) is 6.60. The first-order chi connectivity index (χ1) is 14.5. The number of nitrogens with zero attached hydrogens (tertiary/aromatic N) is 5. The SMILES string of the molecule is C[C@@H](Nc1ncnc(N)c1C#N)c1nnc2ccccc2c1-c1cc(F)cc(F)c1. The van der Waals surface area contributed by atoms with E-state index in [2.05, 4.69) is 25.5 Å². The number of fused-ring (bicyclic) bond motifs is 1. The van der Waals surface area contributed by atoms with Crippen LogP contribution in [-0.2, 0) is 0 Å². The first-order valence-corrected chi connectivity index (χ1v) is 8.97. The van der Waals surface area contributed by atoms with Gasteiger partial charge in [-0.2, -0.15) is 15.5 Å². The van der Waals surface area contributed by atoms with Gasteiger partial charge in [0.05, 0.1) is 17.3 Å². The summed E-state index contributed by atoms with van der Waals surface area (Å²) in [4.78, 5) is 7.88. The number of nitrogens with two attached hydrogens (primary N) is 1. The van der Waals surface area contributed by atoms with E-state index in [1.165, 1.54) is 18.5 Å². The van der Waals surface area contributed by atoms with Gasteiger partial charge in [-0.15, -0.1) is 0 Å². The molecular formula is C21H15F2N7. The molecule has 148 valence electrons. The van der Waals surface area contributed by atoms with Crippen molar-refractivity contribution in [1.82, 2.24) is 20.2 Å². The minimum Gasteiger partial charge on any atom is -0.382 e. The van der Waals surface area contributed by atoms with Crippen molar-refractivity contribution < 1.29 is 8.78 Å². The van der Waals surface area contributed by atoms with Crippen LogP contribution in [0.3, 0.4) is 0 Å². The van der Waals surface area contributed by atoms with E-state index in [1.54, 1.807) is 19.1 Å². The normalized spacial score (nSPS) is 11.8. The summed E-state index contributed by atoms with van der Waals surface area (Å²) in [5, 5.41) is 21.7. The molecule has 4 aromatic rings. The average Bonchev–Trinajstić information content (AvgIpc) is 2.72. The number of hydrogen-bond donors (Lipinski definition) is 2. The van der Waals surface area contributed by atoms with Gasteiger partial charge < -0.3 is 11.1 Å². The number of aromatic nitrogens is 4. The molecule has 1 atom stereocenters. The number of rotatable bonds is 4. The molecule has 0 saturated heterocycles. The molecule has 9 heteroatoms. The maximum absolute atomic E-state index is 14.0. The van der Waals surface area contributed by atoms with E-state index in [1.807, 2.05) is 18.2 Å². The summed E-state index contributed by atoms with van der Waals surface area (Å²) in [6, 6.07) is 11.9. The van der Waals surface area contributed by atoms with Gasteiger partial charge >= 0.3 is 0 Å². The summed E-state index contributed by atoms with van der Waals surface area (Å²) in [5.74, 6) is -1.14. The molecule has 0 radical (unpaired) electrons. The Kier molecular flexibility index (Phi) is 4.90.